The molecule has 0 bridgehead atoms. The molecule has 1 saturated carbocycles. The molecule has 0 unspecified atom stereocenters. The van der Waals surface area contributed by atoms with Crippen LogP contribution in [0.5, 0.6) is 0 Å². The lowest BCUT2D eigenvalue weighted by molar-refractivity contribution is 0.361. The Morgan fingerprint density at radius 2 is 1.94 bits per heavy atom. The molecule has 4 nitrogen and oxygen atoms in total. The van der Waals surface area contributed by atoms with Crippen molar-refractivity contribution in [2.75, 3.05) is 23.7 Å². The zero-order valence-electron chi connectivity index (χ0n) is 11.7. The van der Waals surface area contributed by atoms with Crippen molar-refractivity contribution >= 4 is 11.8 Å². The quantitative estimate of drug-likeness (QED) is 0.840. The van der Waals surface area contributed by atoms with Gasteiger partial charge in [0.2, 0.25) is 5.95 Å². The van der Waals surface area contributed by atoms with Crippen LogP contribution in [-0.2, 0) is 0 Å². The van der Waals surface area contributed by atoms with E-state index in [-0.39, 0.29) is 0 Å². The summed E-state index contributed by atoms with van der Waals surface area (Å²) in [5.74, 6) is 1.66. The molecule has 1 heterocycles. The van der Waals surface area contributed by atoms with Gasteiger partial charge in [-0.3, -0.25) is 0 Å². The van der Waals surface area contributed by atoms with E-state index >= 15 is 0 Å². The van der Waals surface area contributed by atoms with Crippen molar-refractivity contribution in [3.63, 3.8) is 0 Å². The standard InChI is InChI=1S/C14H24N4/c1-4-15-13-17-11(2)9-12(18-13)16-10-14(3)7-5-6-8-14/h9H,4-8,10H2,1-3H3,(H2,15,16,17,18). The monoisotopic (exact) mass is 248 g/mol. The predicted octanol–water partition coefficient (Wildman–Crippen LogP) is 3.21. The fraction of sp³-hybridized carbons (Fsp3) is 0.714. The first-order valence-corrected chi connectivity index (χ1v) is 6.95. The van der Waals surface area contributed by atoms with Gasteiger partial charge in [-0.2, -0.15) is 4.98 Å². The molecular formula is C14H24N4. The molecule has 18 heavy (non-hydrogen) atoms. The maximum absolute atomic E-state index is 4.48. The summed E-state index contributed by atoms with van der Waals surface area (Å²) in [6.45, 7) is 8.28. The molecule has 0 atom stereocenters. The molecule has 1 aromatic heterocycles. The van der Waals surface area contributed by atoms with E-state index in [0.717, 1.165) is 30.5 Å². The number of aryl methyl sites for hydroxylation is 1. The Labute approximate surface area is 110 Å². The number of hydrogen-bond acceptors (Lipinski definition) is 4. The first kappa shape index (κ1) is 13.1. The minimum Gasteiger partial charge on any atom is -0.369 e. The normalized spacial score (nSPS) is 17.7. The van der Waals surface area contributed by atoms with Gasteiger partial charge in [0, 0.05) is 24.8 Å². The Kier molecular flexibility index (Phi) is 4.04. The Balaban J connectivity index is 2.00. The number of hydrogen-bond donors (Lipinski definition) is 2. The van der Waals surface area contributed by atoms with E-state index < -0.39 is 0 Å². The van der Waals surface area contributed by atoms with Crippen LogP contribution in [0.15, 0.2) is 6.07 Å². The van der Waals surface area contributed by atoms with Crippen molar-refractivity contribution < 1.29 is 0 Å². The molecule has 2 rings (SSSR count). The molecule has 1 fully saturated rings. The van der Waals surface area contributed by atoms with Gasteiger partial charge >= 0.3 is 0 Å². The molecule has 1 aliphatic carbocycles. The molecule has 100 valence electrons. The third-order valence-electron chi connectivity index (χ3n) is 3.70. The lowest BCUT2D eigenvalue weighted by Gasteiger charge is -2.24. The highest BCUT2D eigenvalue weighted by molar-refractivity contribution is 5.42. The highest BCUT2D eigenvalue weighted by Crippen LogP contribution is 2.37. The number of anilines is 2. The second-order valence-corrected chi connectivity index (χ2v) is 5.62. The summed E-state index contributed by atoms with van der Waals surface area (Å²) >= 11 is 0. The fourth-order valence-electron chi connectivity index (χ4n) is 2.61. The van der Waals surface area contributed by atoms with Gasteiger partial charge in [-0.05, 0) is 32.1 Å². The maximum Gasteiger partial charge on any atom is 0.224 e. The van der Waals surface area contributed by atoms with Crippen LogP contribution < -0.4 is 10.6 Å². The highest BCUT2D eigenvalue weighted by Gasteiger charge is 2.28. The molecule has 2 N–H and O–H groups in total. The van der Waals surface area contributed by atoms with Gasteiger partial charge in [-0.15, -0.1) is 0 Å². The summed E-state index contributed by atoms with van der Waals surface area (Å²) in [7, 11) is 0. The first-order chi connectivity index (χ1) is 8.61. The summed E-state index contributed by atoms with van der Waals surface area (Å²) in [6.07, 6.45) is 5.38. The van der Waals surface area contributed by atoms with Crippen LogP contribution in [0.2, 0.25) is 0 Å². The summed E-state index contributed by atoms with van der Waals surface area (Å²) in [4.78, 5) is 8.84. The van der Waals surface area contributed by atoms with Gasteiger partial charge in [0.1, 0.15) is 5.82 Å². The summed E-state index contributed by atoms with van der Waals surface area (Å²) < 4.78 is 0. The largest absolute Gasteiger partial charge is 0.369 e. The fourth-order valence-corrected chi connectivity index (χ4v) is 2.61. The second-order valence-electron chi connectivity index (χ2n) is 5.62. The smallest absolute Gasteiger partial charge is 0.224 e. The Bertz CT molecular complexity index is 397. The first-order valence-electron chi connectivity index (χ1n) is 6.95. The average molecular weight is 248 g/mol. The molecule has 0 aliphatic heterocycles. The molecule has 0 aromatic carbocycles. The van der Waals surface area contributed by atoms with Crippen molar-refractivity contribution in [3.8, 4) is 0 Å². The van der Waals surface area contributed by atoms with Gasteiger partial charge < -0.3 is 10.6 Å². The minimum atomic E-state index is 0.442. The SMILES string of the molecule is CCNc1nc(C)cc(NCC2(C)CCCC2)n1. The summed E-state index contributed by atoms with van der Waals surface area (Å²) in [5, 5.41) is 6.64. The molecule has 4 heteroatoms. The maximum atomic E-state index is 4.48. The van der Waals surface area contributed by atoms with Gasteiger partial charge in [0.05, 0.1) is 0 Å². The van der Waals surface area contributed by atoms with E-state index in [1.165, 1.54) is 25.7 Å². The van der Waals surface area contributed by atoms with Crippen molar-refractivity contribution in [1.82, 2.24) is 9.97 Å². The van der Waals surface area contributed by atoms with E-state index in [9.17, 15) is 0 Å². The van der Waals surface area contributed by atoms with Crippen LogP contribution >= 0.6 is 0 Å². The van der Waals surface area contributed by atoms with Crippen LogP contribution in [0, 0.1) is 12.3 Å². The van der Waals surface area contributed by atoms with Crippen molar-refractivity contribution in [3.05, 3.63) is 11.8 Å². The Morgan fingerprint density at radius 3 is 2.61 bits per heavy atom. The van der Waals surface area contributed by atoms with E-state index in [1.54, 1.807) is 0 Å². The van der Waals surface area contributed by atoms with E-state index in [4.69, 9.17) is 0 Å². The number of rotatable bonds is 5. The third kappa shape index (κ3) is 3.34. The summed E-state index contributed by atoms with van der Waals surface area (Å²) in [6, 6.07) is 2.01. The van der Waals surface area contributed by atoms with Gasteiger partial charge in [0.15, 0.2) is 0 Å². The van der Waals surface area contributed by atoms with Crippen molar-refractivity contribution in [2.24, 2.45) is 5.41 Å². The molecule has 0 spiro atoms. The van der Waals surface area contributed by atoms with Gasteiger partial charge in [0.25, 0.3) is 0 Å². The van der Waals surface area contributed by atoms with Crippen LogP contribution in [0.3, 0.4) is 0 Å². The second kappa shape index (κ2) is 5.55. The third-order valence-corrected chi connectivity index (χ3v) is 3.70. The van der Waals surface area contributed by atoms with Crippen molar-refractivity contribution in [2.45, 2.75) is 46.5 Å². The Morgan fingerprint density at radius 1 is 1.22 bits per heavy atom. The van der Waals surface area contributed by atoms with Gasteiger partial charge in [-0.25, -0.2) is 4.98 Å². The molecular weight excluding hydrogens is 224 g/mol. The lowest BCUT2D eigenvalue weighted by Crippen LogP contribution is -2.23. The molecule has 1 aromatic rings. The molecule has 1 aliphatic rings. The average Bonchev–Trinajstić information content (AvgIpc) is 2.74. The van der Waals surface area contributed by atoms with Crippen LogP contribution in [-0.4, -0.2) is 23.1 Å². The molecule has 0 radical (unpaired) electrons. The van der Waals surface area contributed by atoms with Crippen LogP contribution in [0.4, 0.5) is 11.8 Å². The van der Waals surface area contributed by atoms with E-state index in [1.807, 2.05) is 13.0 Å². The van der Waals surface area contributed by atoms with Crippen LogP contribution in [0.25, 0.3) is 0 Å². The number of nitrogens with one attached hydrogen (secondary N) is 2. The highest BCUT2D eigenvalue weighted by atomic mass is 15.1. The molecule has 0 saturated heterocycles. The predicted molar refractivity (Wildman–Crippen MR) is 76.0 cm³/mol. The summed E-state index contributed by atoms with van der Waals surface area (Å²) in [5.41, 5.74) is 1.44. The van der Waals surface area contributed by atoms with Crippen LogP contribution in [0.1, 0.15) is 45.2 Å². The van der Waals surface area contributed by atoms with E-state index in [0.29, 0.717) is 5.41 Å². The minimum absolute atomic E-state index is 0.442. The number of nitrogens with zero attached hydrogens (tertiary/aromatic N) is 2. The lowest BCUT2D eigenvalue weighted by atomic mass is 9.89. The zero-order chi connectivity index (χ0) is 13.0. The van der Waals surface area contributed by atoms with Gasteiger partial charge in [-0.1, -0.05) is 19.8 Å². The zero-order valence-corrected chi connectivity index (χ0v) is 11.7. The topological polar surface area (TPSA) is 49.8 Å². The van der Waals surface area contributed by atoms with E-state index in [2.05, 4.69) is 34.4 Å². The Hall–Kier alpha value is -1.32. The number of aromatic nitrogens is 2. The molecule has 0 amide bonds. The van der Waals surface area contributed by atoms with Crippen molar-refractivity contribution in [1.29, 1.82) is 0 Å².